The maximum atomic E-state index is 12.9. The molecule has 0 bridgehead atoms. The van der Waals surface area contributed by atoms with Crippen LogP contribution in [0.2, 0.25) is 0 Å². The lowest BCUT2D eigenvalue weighted by atomic mass is 10.1. The third-order valence-electron chi connectivity index (χ3n) is 4.75. The summed E-state index contributed by atoms with van der Waals surface area (Å²) in [4.78, 5) is 15.5. The topological polar surface area (TPSA) is 57.0 Å². The van der Waals surface area contributed by atoms with Gasteiger partial charge in [0.05, 0.1) is 31.9 Å². The van der Waals surface area contributed by atoms with Crippen molar-refractivity contribution < 1.29 is 19.2 Å². The number of aromatic hydroxyl groups is 1. The maximum Gasteiger partial charge on any atom is 0.275 e. The Labute approximate surface area is 153 Å². The Hall–Kier alpha value is -2.60. The van der Waals surface area contributed by atoms with Gasteiger partial charge in [0.1, 0.15) is 11.6 Å². The van der Waals surface area contributed by atoms with Crippen LogP contribution < -0.4 is 15.1 Å². The average molecular weight is 358 g/mol. The van der Waals surface area contributed by atoms with E-state index in [1.807, 2.05) is 18.2 Å². The number of amides is 1. The number of quaternary nitrogens is 1. The van der Waals surface area contributed by atoms with E-state index in [-0.39, 0.29) is 11.7 Å². The van der Waals surface area contributed by atoms with E-state index < -0.39 is 0 Å². The number of hydrogen-bond acceptors (Lipinski definition) is 3. The molecule has 2 aromatic rings. The number of nitrogens with one attached hydrogen (secondary N) is 2. The molecule has 0 spiro atoms. The second-order valence-electron chi connectivity index (χ2n) is 6.63. The van der Waals surface area contributed by atoms with Gasteiger partial charge in [0.2, 0.25) is 0 Å². The van der Waals surface area contributed by atoms with E-state index in [0.29, 0.717) is 25.3 Å². The molecule has 0 radical (unpaired) electrons. The molecule has 1 fully saturated rings. The first-order valence-electron chi connectivity index (χ1n) is 8.99. The summed E-state index contributed by atoms with van der Waals surface area (Å²) < 4.78 is 12.9. The normalized spacial score (nSPS) is 15.0. The van der Waals surface area contributed by atoms with Crippen LogP contribution in [-0.2, 0) is 11.2 Å². The quantitative estimate of drug-likeness (QED) is 0.709. The molecule has 2 aromatic carbocycles. The van der Waals surface area contributed by atoms with Crippen molar-refractivity contribution in [2.24, 2.45) is 0 Å². The predicted molar refractivity (Wildman–Crippen MR) is 99.0 cm³/mol. The first-order valence-corrected chi connectivity index (χ1v) is 8.99. The zero-order valence-corrected chi connectivity index (χ0v) is 14.7. The lowest BCUT2D eigenvalue weighted by molar-refractivity contribution is -0.892. The molecule has 3 N–H and O–H groups in total. The predicted octanol–water partition coefficient (Wildman–Crippen LogP) is 0.595. The molecule has 1 saturated heterocycles. The van der Waals surface area contributed by atoms with Gasteiger partial charge < -0.3 is 20.2 Å². The lowest BCUT2D eigenvalue weighted by Gasteiger charge is -2.33. The SMILES string of the molecule is O=C(C[NH+]1CCN(c2ccccc2O)CC1)NCCc1ccc(F)cc1. The van der Waals surface area contributed by atoms with Gasteiger partial charge in [0.15, 0.2) is 6.54 Å². The smallest absolute Gasteiger partial charge is 0.275 e. The molecule has 1 aliphatic heterocycles. The summed E-state index contributed by atoms with van der Waals surface area (Å²) in [5, 5.41) is 12.9. The van der Waals surface area contributed by atoms with E-state index in [1.165, 1.54) is 17.0 Å². The highest BCUT2D eigenvalue weighted by molar-refractivity contribution is 5.76. The number of phenols is 1. The summed E-state index contributed by atoms with van der Waals surface area (Å²) >= 11 is 0. The fraction of sp³-hybridized carbons (Fsp3) is 0.350. The Kier molecular flexibility index (Phi) is 6.07. The average Bonchev–Trinajstić information content (AvgIpc) is 2.65. The number of hydrogen-bond donors (Lipinski definition) is 3. The zero-order valence-electron chi connectivity index (χ0n) is 14.7. The number of phenolic OH excluding ortho intramolecular Hbond substituents is 1. The summed E-state index contributed by atoms with van der Waals surface area (Å²) in [5.74, 6) is 0.0944. The summed E-state index contributed by atoms with van der Waals surface area (Å²) in [6.45, 7) is 4.37. The molecule has 1 aliphatic rings. The number of para-hydroxylation sites is 2. The van der Waals surface area contributed by atoms with Gasteiger partial charge in [-0.3, -0.25) is 4.79 Å². The van der Waals surface area contributed by atoms with Crippen LogP contribution in [0.5, 0.6) is 5.75 Å². The van der Waals surface area contributed by atoms with E-state index in [2.05, 4.69) is 10.2 Å². The van der Waals surface area contributed by atoms with Crippen LogP contribution in [0.3, 0.4) is 0 Å². The minimum absolute atomic E-state index is 0.0399. The van der Waals surface area contributed by atoms with E-state index >= 15 is 0 Å². The molecule has 1 heterocycles. The van der Waals surface area contributed by atoms with Crippen LogP contribution in [0, 0.1) is 5.82 Å². The van der Waals surface area contributed by atoms with E-state index in [9.17, 15) is 14.3 Å². The molecule has 138 valence electrons. The van der Waals surface area contributed by atoms with Gasteiger partial charge in [0, 0.05) is 6.54 Å². The largest absolute Gasteiger partial charge is 0.506 e. The highest BCUT2D eigenvalue weighted by atomic mass is 19.1. The molecule has 3 rings (SSSR count). The Morgan fingerprint density at radius 3 is 2.50 bits per heavy atom. The summed E-state index contributed by atoms with van der Waals surface area (Å²) in [7, 11) is 0. The number of carbonyl (C=O) groups excluding carboxylic acids is 1. The fourth-order valence-electron chi connectivity index (χ4n) is 3.26. The Bertz CT molecular complexity index is 728. The molecule has 0 aromatic heterocycles. The second kappa shape index (κ2) is 8.67. The number of anilines is 1. The number of nitrogens with zero attached hydrogens (tertiary/aromatic N) is 1. The van der Waals surface area contributed by atoms with Gasteiger partial charge in [-0.15, -0.1) is 0 Å². The number of carbonyl (C=O) groups is 1. The number of piperazine rings is 1. The van der Waals surface area contributed by atoms with Crippen LogP contribution >= 0.6 is 0 Å². The summed E-state index contributed by atoms with van der Waals surface area (Å²) in [6, 6.07) is 13.7. The third-order valence-corrected chi connectivity index (χ3v) is 4.75. The Morgan fingerprint density at radius 1 is 1.12 bits per heavy atom. The molecular weight excluding hydrogens is 333 g/mol. The molecular formula is C20H25FN3O2+. The van der Waals surface area contributed by atoms with Crippen molar-refractivity contribution in [1.29, 1.82) is 0 Å². The summed E-state index contributed by atoms with van der Waals surface area (Å²) in [6.07, 6.45) is 0.697. The summed E-state index contributed by atoms with van der Waals surface area (Å²) in [5.41, 5.74) is 1.87. The van der Waals surface area contributed by atoms with Crippen LogP contribution in [0.1, 0.15) is 5.56 Å². The first kappa shape index (κ1) is 18.2. The monoisotopic (exact) mass is 358 g/mol. The van der Waals surface area contributed by atoms with E-state index in [1.54, 1.807) is 18.2 Å². The van der Waals surface area contributed by atoms with Gasteiger partial charge >= 0.3 is 0 Å². The molecule has 6 heteroatoms. The molecule has 26 heavy (non-hydrogen) atoms. The minimum atomic E-state index is -0.246. The van der Waals surface area contributed by atoms with Crippen molar-refractivity contribution in [3.8, 4) is 5.75 Å². The van der Waals surface area contributed by atoms with Gasteiger partial charge in [-0.1, -0.05) is 24.3 Å². The van der Waals surface area contributed by atoms with Crippen molar-refractivity contribution >= 4 is 11.6 Å². The fourth-order valence-corrected chi connectivity index (χ4v) is 3.26. The highest BCUT2D eigenvalue weighted by Crippen LogP contribution is 2.25. The molecule has 0 saturated carbocycles. The number of benzene rings is 2. The Morgan fingerprint density at radius 2 is 1.81 bits per heavy atom. The highest BCUT2D eigenvalue weighted by Gasteiger charge is 2.23. The zero-order chi connectivity index (χ0) is 18.4. The van der Waals surface area contributed by atoms with Gasteiger partial charge in [0.25, 0.3) is 5.91 Å². The number of rotatable bonds is 6. The van der Waals surface area contributed by atoms with E-state index in [4.69, 9.17) is 0 Å². The minimum Gasteiger partial charge on any atom is -0.506 e. The van der Waals surface area contributed by atoms with Crippen LogP contribution in [-0.4, -0.2) is 50.3 Å². The second-order valence-corrected chi connectivity index (χ2v) is 6.63. The van der Waals surface area contributed by atoms with Crippen molar-refractivity contribution in [3.05, 3.63) is 59.9 Å². The Balaban J connectivity index is 1.38. The van der Waals surface area contributed by atoms with Gasteiger partial charge in [-0.05, 0) is 36.2 Å². The van der Waals surface area contributed by atoms with Gasteiger partial charge in [-0.25, -0.2) is 4.39 Å². The van der Waals surface area contributed by atoms with Gasteiger partial charge in [-0.2, -0.15) is 0 Å². The van der Waals surface area contributed by atoms with Crippen molar-refractivity contribution in [1.82, 2.24) is 5.32 Å². The number of halogens is 1. The van der Waals surface area contributed by atoms with Crippen LogP contribution in [0.4, 0.5) is 10.1 Å². The van der Waals surface area contributed by atoms with Crippen molar-refractivity contribution in [2.75, 3.05) is 44.2 Å². The third kappa shape index (κ3) is 4.95. The van der Waals surface area contributed by atoms with Crippen LogP contribution in [0.25, 0.3) is 0 Å². The molecule has 0 atom stereocenters. The maximum absolute atomic E-state index is 12.9. The standard InChI is InChI=1S/C20H24FN3O2/c21-17-7-5-16(6-8-17)9-10-22-20(26)15-23-11-13-24(14-12-23)18-3-1-2-4-19(18)25/h1-8,25H,9-15H2,(H,22,26)/p+1. The van der Waals surface area contributed by atoms with Crippen LogP contribution in [0.15, 0.2) is 48.5 Å². The molecule has 0 unspecified atom stereocenters. The van der Waals surface area contributed by atoms with Crippen molar-refractivity contribution in [2.45, 2.75) is 6.42 Å². The molecule has 1 amide bonds. The lowest BCUT2D eigenvalue weighted by Crippen LogP contribution is -3.16. The van der Waals surface area contributed by atoms with Crippen molar-refractivity contribution in [3.63, 3.8) is 0 Å². The molecule has 0 aliphatic carbocycles. The van der Waals surface area contributed by atoms with E-state index in [0.717, 1.165) is 37.4 Å². The molecule has 5 nitrogen and oxygen atoms in total. The first-order chi connectivity index (χ1) is 12.6.